The molecule has 1 atom stereocenters. The Labute approximate surface area is 148 Å². The van der Waals surface area contributed by atoms with E-state index in [0.717, 1.165) is 29.9 Å². The summed E-state index contributed by atoms with van der Waals surface area (Å²) >= 11 is 0. The van der Waals surface area contributed by atoms with Crippen LogP contribution in [0.1, 0.15) is 32.2 Å². The topological polar surface area (TPSA) is 38.9 Å². The summed E-state index contributed by atoms with van der Waals surface area (Å²) in [5, 5.41) is 4.54. The maximum Gasteiger partial charge on any atom is 0.0954 e. The molecule has 5 heteroatoms. The van der Waals surface area contributed by atoms with E-state index in [4.69, 9.17) is 0 Å². The van der Waals surface area contributed by atoms with Crippen LogP contribution in [-0.4, -0.2) is 43.9 Å². The summed E-state index contributed by atoms with van der Waals surface area (Å²) in [6, 6.07) is 10.7. The SMILES string of the molecule is CC[C@H](CN1CCCC1)n1cncc1-c1cnn(-c2ccccc2)c1. The van der Waals surface area contributed by atoms with Crippen LogP contribution in [0.2, 0.25) is 0 Å². The normalized spacial score (nSPS) is 16.4. The van der Waals surface area contributed by atoms with Crippen LogP contribution >= 0.6 is 0 Å². The maximum atomic E-state index is 4.54. The smallest absolute Gasteiger partial charge is 0.0954 e. The van der Waals surface area contributed by atoms with Crippen LogP contribution in [0.4, 0.5) is 0 Å². The van der Waals surface area contributed by atoms with Crippen LogP contribution in [0.25, 0.3) is 16.9 Å². The molecule has 3 aromatic rings. The Bertz CT molecular complexity index is 798. The molecule has 0 spiro atoms. The van der Waals surface area contributed by atoms with E-state index in [0.29, 0.717) is 6.04 Å². The number of likely N-dealkylation sites (tertiary alicyclic amines) is 1. The summed E-state index contributed by atoms with van der Waals surface area (Å²) in [6.07, 6.45) is 11.7. The van der Waals surface area contributed by atoms with Crippen molar-refractivity contribution in [2.75, 3.05) is 19.6 Å². The summed E-state index contributed by atoms with van der Waals surface area (Å²) in [5.41, 5.74) is 3.33. The summed E-state index contributed by atoms with van der Waals surface area (Å²) in [7, 11) is 0. The number of hydrogen-bond donors (Lipinski definition) is 0. The number of imidazole rings is 1. The fourth-order valence-electron chi connectivity index (χ4n) is 3.67. The first-order valence-electron chi connectivity index (χ1n) is 9.20. The Morgan fingerprint density at radius 3 is 2.64 bits per heavy atom. The molecule has 0 aliphatic carbocycles. The maximum absolute atomic E-state index is 4.54. The third kappa shape index (κ3) is 3.37. The molecule has 3 heterocycles. The first-order valence-corrected chi connectivity index (χ1v) is 9.20. The van der Waals surface area contributed by atoms with E-state index in [9.17, 15) is 0 Å². The van der Waals surface area contributed by atoms with Gasteiger partial charge in [-0.1, -0.05) is 25.1 Å². The molecule has 1 fully saturated rings. The van der Waals surface area contributed by atoms with Gasteiger partial charge in [0.1, 0.15) is 0 Å². The number of hydrogen-bond acceptors (Lipinski definition) is 3. The Morgan fingerprint density at radius 1 is 1.08 bits per heavy atom. The zero-order chi connectivity index (χ0) is 17.1. The Balaban J connectivity index is 1.59. The quantitative estimate of drug-likeness (QED) is 0.688. The van der Waals surface area contributed by atoms with Gasteiger partial charge in [0, 0.05) is 24.3 Å². The van der Waals surface area contributed by atoms with Gasteiger partial charge in [-0.25, -0.2) is 9.67 Å². The van der Waals surface area contributed by atoms with Crippen molar-refractivity contribution in [1.29, 1.82) is 0 Å². The van der Waals surface area contributed by atoms with E-state index < -0.39 is 0 Å². The second kappa shape index (κ2) is 7.23. The molecule has 5 nitrogen and oxygen atoms in total. The van der Waals surface area contributed by atoms with E-state index in [2.05, 4.69) is 44.8 Å². The van der Waals surface area contributed by atoms with Gasteiger partial charge in [-0.2, -0.15) is 5.10 Å². The van der Waals surface area contributed by atoms with E-state index in [1.807, 2.05) is 41.6 Å². The highest BCUT2D eigenvalue weighted by atomic mass is 15.3. The monoisotopic (exact) mass is 335 g/mol. The van der Waals surface area contributed by atoms with Gasteiger partial charge in [0.15, 0.2) is 0 Å². The van der Waals surface area contributed by atoms with Crippen LogP contribution < -0.4 is 0 Å². The molecule has 1 saturated heterocycles. The number of aromatic nitrogens is 4. The highest BCUT2D eigenvalue weighted by Gasteiger charge is 2.20. The molecule has 0 radical (unpaired) electrons. The van der Waals surface area contributed by atoms with Gasteiger partial charge in [-0.05, 0) is 44.5 Å². The van der Waals surface area contributed by atoms with Gasteiger partial charge in [0.2, 0.25) is 0 Å². The van der Waals surface area contributed by atoms with Crippen molar-refractivity contribution >= 4 is 0 Å². The molecule has 25 heavy (non-hydrogen) atoms. The zero-order valence-electron chi connectivity index (χ0n) is 14.8. The molecule has 4 rings (SSSR count). The lowest BCUT2D eigenvalue weighted by molar-refractivity contribution is 0.273. The average Bonchev–Trinajstić information content (AvgIpc) is 3.41. The van der Waals surface area contributed by atoms with Crippen molar-refractivity contribution in [2.24, 2.45) is 0 Å². The summed E-state index contributed by atoms with van der Waals surface area (Å²) < 4.78 is 4.25. The summed E-state index contributed by atoms with van der Waals surface area (Å²) in [6.45, 7) is 5.82. The fraction of sp³-hybridized carbons (Fsp3) is 0.400. The standard InChI is InChI=1S/C20H25N5/c1-2-18(15-23-10-6-7-11-23)24-16-21-13-20(24)17-12-22-25(14-17)19-8-4-3-5-9-19/h3-5,8-9,12-14,16,18H,2,6-7,10-11,15H2,1H3/t18-/m1/s1. The van der Waals surface area contributed by atoms with Crippen molar-refractivity contribution in [2.45, 2.75) is 32.2 Å². The van der Waals surface area contributed by atoms with Crippen LogP contribution in [0.3, 0.4) is 0 Å². The molecule has 0 bridgehead atoms. The molecule has 0 unspecified atom stereocenters. The average molecular weight is 335 g/mol. The predicted octanol–water partition coefficient (Wildman–Crippen LogP) is 3.78. The van der Waals surface area contributed by atoms with E-state index in [-0.39, 0.29) is 0 Å². The van der Waals surface area contributed by atoms with Crippen molar-refractivity contribution in [1.82, 2.24) is 24.2 Å². The number of nitrogens with zero attached hydrogens (tertiary/aromatic N) is 5. The van der Waals surface area contributed by atoms with E-state index in [1.165, 1.54) is 25.9 Å². The third-order valence-electron chi connectivity index (χ3n) is 5.10. The minimum Gasteiger partial charge on any atom is -0.326 e. The third-order valence-corrected chi connectivity index (χ3v) is 5.10. The van der Waals surface area contributed by atoms with E-state index in [1.54, 1.807) is 0 Å². The lowest BCUT2D eigenvalue weighted by Crippen LogP contribution is -2.28. The second-order valence-electron chi connectivity index (χ2n) is 6.77. The molecule has 0 amide bonds. The number of benzene rings is 1. The minimum atomic E-state index is 0.454. The molecule has 2 aromatic heterocycles. The first-order chi connectivity index (χ1) is 12.3. The summed E-state index contributed by atoms with van der Waals surface area (Å²) in [5.74, 6) is 0. The van der Waals surface area contributed by atoms with E-state index >= 15 is 0 Å². The molecular formula is C20H25N5. The van der Waals surface area contributed by atoms with Gasteiger partial charge in [-0.3, -0.25) is 0 Å². The lowest BCUT2D eigenvalue weighted by atomic mass is 10.1. The zero-order valence-corrected chi connectivity index (χ0v) is 14.8. The molecule has 0 N–H and O–H groups in total. The van der Waals surface area contributed by atoms with Gasteiger partial charge in [0.25, 0.3) is 0 Å². The second-order valence-corrected chi connectivity index (χ2v) is 6.77. The molecule has 1 aliphatic rings. The molecule has 1 aliphatic heterocycles. The van der Waals surface area contributed by atoms with Crippen molar-refractivity contribution in [3.05, 3.63) is 55.2 Å². The number of para-hydroxylation sites is 1. The van der Waals surface area contributed by atoms with Crippen molar-refractivity contribution < 1.29 is 0 Å². The first kappa shape index (κ1) is 16.1. The molecular weight excluding hydrogens is 310 g/mol. The van der Waals surface area contributed by atoms with Gasteiger partial charge < -0.3 is 9.47 Å². The van der Waals surface area contributed by atoms with Gasteiger partial charge in [0.05, 0.1) is 30.1 Å². The van der Waals surface area contributed by atoms with Crippen LogP contribution in [-0.2, 0) is 0 Å². The molecule has 0 saturated carbocycles. The Kier molecular flexibility index (Phi) is 4.65. The van der Waals surface area contributed by atoms with Crippen LogP contribution in [0.15, 0.2) is 55.2 Å². The fourth-order valence-corrected chi connectivity index (χ4v) is 3.67. The molecule has 130 valence electrons. The highest BCUT2D eigenvalue weighted by Crippen LogP contribution is 2.26. The number of rotatable bonds is 6. The van der Waals surface area contributed by atoms with Gasteiger partial charge in [-0.15, -0.1) is 0 Å². The Hall–Kier alpha value is -2.40. The predicted molar refractivity (Wildman–Crippen MR) is 99.8 cm³/mol. The molecule has 1 aromatic carbocycles. The van der Waals surface area contributed by atoms with Crippen molar-refractivity contribution in [3.63, 3.8) is 0 Å². The lowest BCUT2D eigenvalue weighted by Gasteiger charge is -2.25. The largest absolute Gasteiger partial charge is 0.326 e. The van der Waals surface area contributed by atoms with Crippen LogP contribution in [0, 0.1) is 0 Å². The van der Waals surface area contributed by atoms with Crippen molar-refractivity contribution in [3.8, 4) is 16.9 Å². The van der Waals surface area contributed by atoms with Gasteiger partial charge >= 0.3 is 0 Å². The Morgan fingerprint density at radius 2 is 1.88 bits per heavy atom. The summed E-state index contributed by atoms with van der Waals surface area (Å²) in [4.78, 5) is 7.01. The highest BCUT2D eigenvalue weighted by molar-refractivity contribution is 5.57. The van der Waals surface area contributed by atoms with Crippen LogP contribution in [0.5, 0.6) is 0 Å². The minimum absolute atomic E-state index is 0.454.